The standard InChI is InChI=1S/C24H20FN5O6S.C23H22FN5O5S.CH3F.CH3I/c1-37(33,34)22-8-14(6-7-27-22)20(9-17-13-35-24(32)36-17)29-23(31)19-10-26-12-21-18(19)11-28-30(21)16-4-2-15(25)3-5-16;1-35(33,34)22-8-14(6-7-26-22)20(9-17(31)13-30)28-23(32)19-10-25-12-21-18(19)11-27-29(21)16-4-2-15(24)3-5-16;2*1-2/h2-8,10-12,17,20H,9,13H2,1H3,(H,29,31);2-8,10-12,17,20,30-31H,9,13H2,1H3,(H,28,32);2*1H3/t2*17-,20-;;/m00../s1/i;;2*1D. The van der Waals surface area contributed by atoms with Crippen molar-refractivity contribution in [1.29, 1.82) is 0 Å². The summed E-state index contributed by atoms with van der Waals surface area (Å²) in [6, 6.07) is 15.6. The Balaban J connectivity index is 0.000000230. The topological polar surface area (TPSA) is 290 Å². The lowest BCUT2D eigenvalue weighted by atomic mass is 10.0. The SMILES string of the molecule is CS(=O)(=O)c1cc([C@H](C[C@H](O)CO)NC(=O)c2cncc3c2cnn3-c2ccc(F)cc2)ccn1.CS(=O)(=O)c1cc([C@H](C[C@H]2COC(=O)O2)NC(=O)c2cncc3c2cnn3-c2ccc(F)cc2)ccn1.[2H]CF.[2H]CI. The molecule has 6 aromatic heterocycles. The van der Waals surface area contributed by atoms with Gasteiger partial charge in [-0.1, -0.05) is 22.6 Å². The molecule has 2 amide bonds. The third-order valence-electron chi connectivity index (χ3n) is 11.2. The van der Waals surface area contributed by atoms with E-state index in [1.807, 2.05) is 22.6 Å². The van der Waals surface area contributed by atoms with Crippen LogP contribution < -0.4 is 10.6 Å². The molecule has 76 heavy (non-hydrogen) atoms. The Labute approximate surface area is 449 Å². The van der Waals surface area contributed by atoms with E-state index < -0.39 is 87.3 Å². The number of pyridine rings is 4. The van der Waals surface area contributed by atoms with Gasteiger partial charge in [0.2, 0.25) is 0 Å². The molecule has 400 valence electrons. The van der Waals surface area contributed by atoms with Crippen molar-refractivity contribution in [3.63, 3.8) is 0 Å². The van der Waals surface area contributed by atoms with E-state index in [2.05, 4.69) is 40.8 Å². The number of fused-ring (bicyclic) bond motifs is 2. The van der Waals surface area contributed by atoms with E-state index in [-0.39, 0.29) is 40.6 Å². The molecule has 4 atom stereocenters. The van der Waals surface area contributed by atoms with Crippen molar-refractivity contribution in [3.05, 3.63) is 156 Å². The summed E-state index contributed by atoms with van der Waals surface area (Å²) >= 11 is 1.96. The van der Waals surface area contributed by atoms with Crippen LogP contribution in [0.3, 0.4) is 0 Å². The Morgan fingerprint density at radius 3 is 1.61 bits per heavy atom. The summed E-state index contributed by atoms with van der Waals surface area (Å²) in [7, 11) is -8.22. The first kappa shape index (κ1) is 54.8. The van der Waals surface area contributed by atoms with Gasteiger partial charge in [0.1, 0.15) is 24.3 Å². The van der Waals surface area contributed by atoms with Crippen LogP contribution in [0, 0.1) is 11.6 Å². The number of aliphatic hydroxyl groups excluding tert-OH is 2. The molecular formula is C49H48F3IN10O11S2. The molecule has 9 rings (SSSR count). The number of rotatable bonds is 15. The van der Waals surface area contributed by atoms with Crippen molar-refractivity contribution in [2.45, 2.75) is 47.2 Å². The number of hydrogen-bond acceptors (Lipinski definition) is 17. The molecule has 4 N–H and O–H groups in total. The van der Waals surface area contributed by atoms with Gasteiger partial charge in [0.25, 0.3) is 11.8 Å². The number of halogens is 4. The van der Waals surface area contributed by atoms with Crippen LogP contribution in [0.15, 0.2) is 132 Å². The third-order valence-corrected chi connectivity index (χ3v) is 13.2. The number of alkyl halides is 2. The Kier molecular flexibility index (Phi) is 18.6. The van der Waals surface area contributed by atoms with Crippen LogP contribution in [-0.4, -0.2) is 135 Å². The molecule has 1 aliphatic rings. The average Bonchev–Trinajstić information content (AvgIpc) is 4.21. The Morgan fingerprint density at radius 2 is 1.20 bits per heavy atom. The maximum Gasteiger partial charge on any atom is 0.508 e. The van der Waals surface area contributed by atoms with Crippen molar-refractivity contribution in [2.75, 3.05) is 37.8 Å². The number of nitrogens with zero attached hydrogens (tertiary/aromatic N) is 8. The van der Waals surface area contributed by atoms with E-state index in [1.54, 1.807) is 30.3 Å². The van der Waals surface area contributed by atoms with Gasteiger partial charge < -0.3 is 30.3 Å². The molecule has 0 unspecified atom stereocenters. The first-order chi connectivity index (χ1) is 37.2. The minimum atomic E-state index is -3.61. The largest absolute Gasteiger partial charge is 0.508 e. The molecule has 1 aliphatic heterocycles. The summed E-state index contributed by atoms with van der Waals surface area (Å²) in [6.07, 6.45) is 10.9. The summed E-state index contributed by atoms with van der Waals surface area (Å²) in [4.78, 5) is 54.7. The van der Waals surface area contributed by atoms with Crippen molar-refractivity contribution in [3.8, 4) is 11.4 Å². The van der Waals surface area contributed by atoms with Crippen LogP contribution in [0.25, 0.3) is 33.2 Å². The Bertz CT molecular complexity index is 3610. The number of sulfone groups is 2. The molecule has 0 saturated carbocycles. The summed E-state index contributed by atoms with van der Waals surface area (Å²) < 4.78 is 109. The fraction of sp³-hybridized carbons (Fsp3) is 0.245. The zero-order valence-electron chi connectivity index (χ0n) is 42.1. The lowest BCUT2D eigenvalue weighted by molar-refractivity contribution is 0.0739. The number of cyclic esters (lactones) is 2. The summed E-state index contributed by atoms with van der Waals surface area (Å²) in [5.41, 5.74) is 3.45. The highest BCUT2D eigenvalue weighted by molar-refractivity contribution is 14.1. The summed E-state index contributed by atoms with van der Waals surface area (Å²) in [5.74, 6) is -1.84. The van der Waals surface area contributed by atoms with Gasteiger partial charge in [-0.3, -0.25) is 23.9 Å². The molecule has 0 radical (unpaired) electrons. The van der Waals surface area contributed by atoms with Crippen LogP contribution in [-0.2, 0) is 29.1 Å². The number of carbonyl (C=O) groups excluding carboxylic acids is 3. The fourth-order valence-corrected chi connectivity index (χ4v) is 8.83. The maximum absolute atomic E-state index is 13.4. The van der Waals surface area contributed by atoms with Crippen molar-refractivity contribution in [1.82, 2.24) is 50.1 Å². The van der Waals surface area contributed by atoms with Gasteiger partial charge in [-0.15, -0.1) is 0 Å². The minimum Gasteiger partial charge on any atom is -0.430 e. The fourth-order valence-electron chi connectivity index (χ4n) is 7.63. The van der Waals surface area contributed by atoms with E-state index in [1.165, 1.54) is 101 Å². The lowest BCUT2D eigenvalue weighted by Gasteiger charge is -2.22. The van der Waals surface area contributed by atoms with E-state index in [0.717, 1.165) is 12.5 Å². The van der Waals surface area contributed by atoms with Crippen LogP contribution >= 0.6 is 22.6 Å². The molecule has 7 heterocycles. The quantitative estimate of drug-likeness (QED) is 0.0523. The number of benzene rings is 2. The number of aliphatic hydroxyl groups is 2. The molecule has 2 aromatic carbocycles. The molecule has 0 bridgehead atoms. The number of carbonyl (C=O) groups is 3. The average molecular weight is 1200 g/mol. The van der Waals surface area contributed by atoms with Crippen LogP contribution in [0.4, 0.5) is 18.0 Å². The summed E-state index contributed by atoms with van der Waals surface area (Å²) in [6.45, 7) is -0.547. The van der Waals surface area contributed by atoms with Gasteiger partial charge in [0.05, 0.1) is 91.6 Å². The first-order valence-corrected chi connectivity index (χ1v) is 27.4. The molecule has 1 fully saturated rings. The minimum absolute atomic E-state index is 0.00318. The molecule has 8 aromatic rings. The number of nitrogens with one attached hydrogen (secondary N) is 2. The zero-order valence-corrected chi connectivity index (χ0v) is 43.9. The van der Waals surface area contributed by atoms with Crippen LogP contribution in [0.2, 0.25) is 0 Å². The van der Waals surface area contributed by atoms with E-state index in [0.29, 0.717) is 49.2 Å². The van der Waals surface area contributed by atoms with E-state index >= 15 is 0 Å². The smallest absolute Gasteiger partial charge is 0.430 e. The van der Waals surface area contributed by atoms with Crippen LogP contribution in [0.5, 0.6) is 0 Å². The molecule has 27 heteroatoms. The highest BCUT2D eigenvalue weighted by atomic mass is 127. The normalized spacial score (nSPS) is 14.6. The number of amides is 2. The highest BCUT2D eigenvalue weighted by Crippen LogP contribution is 2.28. The van der Waals surface area contributed by atoms with E-state index in [9.17, 15) is 54.6 Å². The predicted molar refractivity (Wildman–Crippen MR) is 278 cm³/mol. The molecule has 0 aliphatic carbocycles. The van der Waals surface area contributed by atoms with Crippen molar-refractivity contribution >= 4 is 82.0 Å². The lowest BCUT2D eigenvalue weighted by Crippen LogP contribution is -2.32. The number of ether oxygens (including phenoxy) is 2. The molecule has 0 spiro atoms. The number of aromatic nitrogens is 8. The van der Waals surface area contributed by atoms with E-state index in [4.69, 9.17) is 12.2 Å². The van der Waals surface area contributed by atoms with Crippen molar-refractivity contribution < 1.29 is 66.8 Å². The molecular weight excluding hydrogens is 1150 g/mol. The third kappa shape index (κ3) is 14.3. The summed E-state index contributed by atoms with van der Waals surface area (Å²) in [5, 5.41) is 34.3. The Hall–Kier alpha value is -7.47. The van der Waals surface area contributed by atoms with Gasteiger partial charge >= 0.3 is 6.16 Å². The van der Waals surface area contributed by atoms with Gasteiger partial charge in [-0.2, -0.15) is 10.2 Å². The van der Waals surface area contributed by atoms with Gasteiger partial charge in [-0.05, 0) is 95.3 Å². The first-order valence-electron chi connectivity index (χ1n) is 23.5. The zero-order chi connectivity index (χ0) is 56.7. The predicted octanol–water partition coefficient (Wildman–Crippen LogP) is 5.96. The van der Waals surface area contributed by atoms with Gasteiger partial charge in [0.15, 0.2) is 29.7 Å². The molecule has 1 saturated heterocycles. The second-order valence-electron chi connectivity index (χ2n) is 16.4. The monoisotopic (exact) mass is 1200 g/mol. The second kappa shape index (κ2) is 25.9. The number of hydrogen-bond donors (Lipinski definition) is 4. The Morgan fingerprint density at radius 1 is 0.763 bits per heavy atom. The maximum atomic E-state index is 13.4. The highest BCUT2D eigenvalue weighted by Gasteiger charge is 2.31. The second-order valence-corrected chi connectivity index (χ2v) is 20.3. The van der Waals surface area contributed by atoms with Gasteiger partial charge in [0, 0.05) is 55.9 Å². The van der Waals surface area contributed by atoms with Gasteiger partial charge in [-0.25, -0.2) is 49.7 Å². The van der Waals surface area contributed by atoms with Crippen LogP contribution in [0.1, 0.15) is 59.5 Å². The van der Waals surface area contributed by atoms with Crippen molar-refractivity contribution in [2.24, 2.45) is 0 Å². The molecule has 21 nitrogen and oxygen atoms in total.